The highest BCUT2D eigenvalue weighted by atomic mass is 16.5. The van der Waals surface area contributed by atoms with E-state index < -0.39 is 0 Å². The predicted octanol–water partition coefficient (Wildman–Crippen LogP) is 1.68. The number of esters is 1. The first-order valence-corrected chi connectivity index (χ1v) is 6.58. The number of rotatable bonds is 4. The van der Waals surface area contributed by atoms with Gasteiger partial charge in [-0.25, -0.2) is 9.78 Å². The molecule has 1 aliphatic carbocycles. The van der Waals surface area contributed by atoms with Crippen LogP contribution in [0, 0.1) is 12.8 Å². The summed E-state index contributed by atoms with van der Waals surface area (Å²) in [5, 5.41) is 0. The Bertz CT molecular complexity index is 462. The van der Waals surface area contributed by atoms with Gasteiger partial charge in [-0.05, 0) is 38.8 Å². The second-order valence-corrected chi connectivity index (χ2v) is 4.86. The van der Waals surface area contributed by atoms with Gasteiger partial charge >= 0.3 is 5.97 Å². The van der Waals surface area contributed by atoms with Crippen LogP contribution in [0.2, 0.25) is 0 Å². The predicted molar refractivity (Wildman–Crippen MR) is 71.1 cm³/mol. The monoisotopic (exact) mass is 264 g/mol. The maximum atomic E-state index is 11.5. The highest BCUT2D eigenvalue weighted by Crippen LogP contribution is 2.28. The lowest BCUT2D eigenvalue weighted by atomic mass is 10.1. The zero-order valence-corrected chi connectivity index (χ0v) is 11.4. The number of carbonyl (C=O) groups is 1. The minimum atomic E-state index is -0.378. The van der Waals surface area contributed by atoms with Crippen LogP contribution in [0.5, 0.6) is 5.88 Å². The summed E-state index contributed by atoms with van der Waals surface area (Å²) in [6.07, 6.45) is 3.41. The quantitative estimate of drug-likeness (QED) is 0.837. The van der Waals surface area contributed by atoms with Crippen molar-refractivity contribution in [3.8, 4) is 5.88 Å². The molecule has 0 aliphatic heterocycles. The number of methoxy groups -OCH3 is 1. The third-order valence-electron chi connectivity index (χ3n) is 3.63. The number of carbonyl (C=O) groups excluding carboxylic acids is 1. The van der Waals surface area contributed by atoms with Crippen molar-refractivity contribution in [3.63, 3.8) is 0 Å². The van der Waals surface area contributed by atoms with Gasteiger partial charge < -0.3 is 15.2 Å². The molecule has 1 heterocycles. The first-order chi connectivity index (χ1) is 9.15. The fraction of sp³-hybridized carbons (Fsp3) is 0.571. The molecule has 0 aromatic carbocycles. The van der Waals surface area contributed by atoms with E-state index in [0.717, 1.165) is 19.3 Å². The van der Waals surface area contributed by atoms with E-state index in [1.807, 2.05) is 0 Å². The van der Waals surface area contributed by atoms with Gasteiger partial charge in [0.05, 0.1) is 18.4 Å². The summed E-state index contributed by atoms with van der Waals surface area (Å²) in [6.45, 7) is 2.41. The molecule has 1 aromatic rings. The summed E-state index contributed by atoms with van der Waals surface area (Å²) in [4.78, 5) is 15.8. The van der Waals surface area contributed by atoms with Crippen molar-refractivity contribution >= 4 is 5.97 Å². The average molecular weight is 264 g/mol. The second kappa shape index (κ2) is 6.02. The van der Waals surface area contributed by atoms with Crippen LogP contribution in [-0.2, 0) is 4.74 Å². The fourth-order valence-electron chi connectivity index (χ4n) is 2.51. The Morgan fingerprint density at radius 2 is 2.26 bits per heavy atom. The topological polar surface area (TPSA) is 74.4 Å². The Morgan fingerprint density at radius 3 is 2.89 bits per heavy atom. The normalized spacial score (nSPS) is 22.3. The number of aromatic nitrogens is 1. The smallest absolute Gasteiger partial charge is 0.339 e. The van der Waals surface area contributed by atoms with E-state index in [1.54, 1.807) is 19.1 Å². The molecule has 2 atom stereocenters. The van der Waals surface area contributed by atoms with Crippen molar-refractivity contribution in [2.24, 2.45) is 11.7 Å². The summed E-state index contributed by atoms with van der Waals surface area (Å²) in [7, 11) is 1.36. The molecule has 104 valence electrons. The van der Waals surface area contributed by atoms with E-state index in [0.29, 0.717) is 29.6 Å². The zero-order valence-electron chi connectivity index (χ0n) is 11.4. The van der Waals surface area contributed by atoms with Crippen molar-refractivity contribution in [1.82, 2.24) is 4.98 Å². The molecule has 0 radical (unpaired) electrons. The van der Waals surface area contributed by atoms with Crippen molar-refractivity contribution in [2.75, 3.05) is 13.7 Å². The van der Waals surface area contributed by atoms with E-state index in [4.69, 9.17) is 10.5 Å². The lowest BCUT2D eigenvalue weighted by Crippen LogP contribution is -2.28. The molecule has 2 N–H and O–H groups in total. The highest BCUT2D eigenvalue weighted by Gasteiger charge is 2.28. The lowest BCUT2D eigenvalue weighted by Gasteiger charge is -2.19. The molecule has 0 saturated heterocycles. The molecular formula is C14H20N2O3. The van der Waals surface area contributed by atoms with E-state index in [2.05, 4.69) is 9.72 Å². The molecule has 0 bridgehead atoms. The van der Waals surface area contributed by atoms with Crippen LogP contribution in [0.1, 0.15) is 35.3 Å². The van der Waals surface area contributed by atoms with Crippen molar-refractivity contribution in [2.45, 2.75) is 32.3 Å². The molecule has 2 rings (SSSR count). The van der Waals surface area contributed by atoms with Gasteiger partial charge in [0, 0.05) is 12.0 Å². The molecule has 1 fully saturated rings. The molecule has 5 heteroatoms. The number of aryl methyl sites for hydroxylation is 1. The highest BCUT2D eigenvalue weighted by molar-refractivity contribution is 5.90. The average Bonchev–Trinajstić information content (AvgIpc) is 2.85. The minimum absolute atomic E-state index is 0.140. The molecule has 0 spiro atoms. The SMILES string of the molecule is COC(=O)c1ccc(OC2CCCC2CN)nc1C. The number of hydrogen-bond donors (Lipinski definition) is 1. The van der Waals surface area contributed by atoms with Crippen LogP contribution >= 0.6 is 0 Å². The summed E-state index contributed by atoms with van der Waals surface area (Å²) in [5.41, 5.74) is 6.81. The van der Waals surface area contributed by atoms with Crippen LogP contribution in [0.15, 0.2) is 12.1 Å². The second-order valence-electron chi connectivity index (χ2n) is 4.86. The Kier molecular flexibility index (Phi) is 4.37. The Morgan fingerprint density at radius 1 is 1.47 bits per heavy atom. The Labute approximate surface area is 113 Å². The number of ether oxygens (including phenoxy) is 2. The minimum Gasteiger partial charge on any atom is -0.474 e. The van der Waals surface area contributed by atoms with Crippen LogP contribution < -0.4 is 10.5 Å². The first kappa shape index (κ1) is 13.8. The summed E-state index contributed by atoms with van der Waals surface area (Å²) in [5.74, 6) is 0.579. The molecule has 0 amide bonds. The molecule has 1 aliphatic rings. The third kappa shape index (κ3) is 3.04. The molecule has 1 saturated carbocycles. The van der Waals surface area contributed by atoms with Gasteiger partial charge in [-0.1, -0.05) is 0 Å². The number of hydrogen-bond acceptors (Lipinski definition) is 5. The van der Waals surface area contributed by atoms with Gasteiger partial charge in [-0.3, -0.25) is 0 Å². The largest absolute Gasteiger partial charge is 0.474 e. The van der Waals surface area contributed by atoms with Gasteiger partial charge in [0.15, 0.2) is 0 Å². The van der Waals surface area contributed by atoms with Gasteiger partial charge in [0.25, 0.3) is 0 Å². The summed E-state index contributed by atoms with van der Waals surface area (Å²) in [6, 6.07) is 3.40. The molecule has 19 heavy (non-hydrogen) atoms. The van der Waals surface area contributed by atoms with Crippen LogP contribution in [0.3, 0.4) is 0 Å². The summed E-state index contributed by atoms with van der Waals surface area (Å²) < 4.78 is 10.6. The van der Waals surface area contributed by atoms with Crippen LogP contribution in [0.25, 0.3) is 0 Å². The van der Waals surface area contributed by atoms with Gasteiger partial charge in [-0.15, -0.1) is 0 Å². The fourth-order valence-corrected chi connectivity index (χ4v) is 2.51. The Hall–Kier alpha value is -1.62. The standard InChI is InChI=1S/C14H20N2O3/c1-9-11(14(17)18-2)6-7-13(16-9)19-12-5-3-4-10(12)8-15/h6-7,10,12H,3-5,8,15H2,1-2H3. The van der Waals surface area contributed by atoms with Crippen LogP contribution in [-0.4, -0.2) is 30.7 Å². The maximum absolute atomic E-state index is 11.5. The van der Waals surface area contributed by atoms with E-state index in [9.17, 15) is 4.79 Å². The first-order valence-electron chi connectivity index (χ1n) is 6.58. The van der Waals surface area contributed by atoms with Crippen molar-refractivity contribution in [3.05, 3.63) is 23.4 Å². The number of nitrogens with two attached hydrogens (primary N) is 1. The van der Waals surface area contributed by atoms with Crippen molar-refractivity contribution < 1.29 is 14.3 Å². The molecule has 2 unspecified atom stereocenters. The molecule has 5 nitrogen and oxygen atoms in total. The lowest BCUT2D eigenvalue weighted by molar-refractivity contribution is 0.0599. The summed E-state index contributed by atoms with van der Waals surface area (Å²) >= 11 is 0. The van der Waals surface area contributed by atoms with E-state index >= 15 is 0 Å². The van der Waals surface area contributed by atoms with Gasteiger partial charge in [0.1, 0.15) is 6.10 Å². The van der Waals surface area contributed by atoms with Crippen molar-refractivity contribution in [1.29, 1.82) is 0 Å². The third-order valence-corrected chi connectivity index (χ3v) is 3.63. The zero-order chi connectivity index (χ0) is 13.8. The molecule has 1 aromatic heterocycles. The van der Waals surface area contributed by atoms with Gasteiger partial charge in [-0.2, -0.15) is 0 Å². The van der Waals surface area contributed by atoms with Crippen LogP contribution in [0.4, 0.5) is 0 Å². The number of pyridine rings is 1. The van der Waals surface area contributed by atoms with Gasteiger partial charge in [0.2, 0.25) is 5.88 Å². The van der Waals surface area contributed by atoms with E-state index in [-0.39, 0.29) is 12.1 Å². The molecular weight excluding hydrogens is 244 g/mol. The number of nitrogens with zero attached hydrogens (tertiary/aromatic N) is 1. The Balaban J connectivity index is 2.10. The van der Waals surface area contributed by atoms with E-state index in [1.165, 1.54) is 7.11 Å². The maximum Gasteiger partial charge on any atom is 0.339 e.